The molecule has 3 aromatic carbocycles. The van der Waals surface area contributed by atoms with Crippen LogP contribution in [0.2, 0.25) is 0 Å². The van der Waals surface area contributed by atoms with Gasteiger partial charge in [0.2, 0.25) is 0 Å². The van der Waals surface area contributed by atoms with Gasteiger partial charge in [-0.25, -0.2) is 9.38 Å². The molecule has 0 N–H and O–H groups in total. The van der Waals surface area contributed by atoms with Gasteiger partial charge in [-0.1, -0.05) is 54.2 Å². The number of fused-ring (bicyclic) bond motifs is 1. The van der Waals surface area contributed by atoms with E-state index in [9.17, 15) is 4.39 Å². The summed E-state index contributed by atoms with van der Waals surface area (Å²) in [5.41, 5.74) is 5.47. The number of halogens is 1. The van der Waals surface area contributed by atoms with Crippen LogP contribution in [0.15, 0.2) is 99.7 Å². The van der Waals surface area contributed by atoms with E-state index in [1.165, 1.54) is 33.7 Å². The third-order valence-corrected chi connectivity index (χ3v) is 5.34. The molecule has 3 aromatic rings. The van der Waals surface area contributed by atoms with E-state index in [0.29, 0.717) is 0 Å². The molecule has 0 fully saturated rings. The van der Waals surface area contributed by atoms with Crippen LogP contribution in [-0.2, 0) is 6.42 Å². The first-order valence-corrected chi connectivity index (χ1v) is 9.51. The first-order valence-electron chi connectivity index (χ1n) is 8.63. The second-order valence-electron chi connectivity index (χ2n) is 6.17. The predicted octanol–water partition coefficient (Wildman–Crippen LogP) is 6.57. The number of nitrogens with zero attached hydrogens (tertiary/aromatic N) is 1. The van der Waals surface area contributed by atoms with Gasteiger partial charge in [0.25, 0.3) is 0 Å². The van der Waals surface area contributed by atoms with Crippen LogP contribution in [-0.4, -0.2) is 5.71 Å². The molecule has 1 aliphatic carbocycles. The number of thioether (sulfide) groups is 1. The maximum Gasteiger partial charge on any atom is 0.123 e. The highest BCUT2D eigenvalue weighted by Crippen LogP contribution is 2.31. The summed E-state index contributed by atoms with van der Waals surface area (Å²) >= 11 is 1.72. The van der Waals surface area contributed by atoms with Crippen molar-refractivity contribution in [1.82, 2.24) is 0 Å². The number of allylic oxidation sites excluding steroid dienone is 1. The van der Waals surface area contributed by atoms with Gasteiger partial charge in [-0.3, -0.25) is 0 Å². The second-order valence-corrected chi connectivity index (χ2v) is 7.11. The zero-order valence-corrected chi connectivity index (χ0v) is 15.0. The van der Waals surface area contributed by atoms with Crippen LogP contribution < -0.4 is 0 Å². The Morgan fingerprint density at radius 2 is 1.54 bits per heavy atom. The highest BCUT2D eigenvalue weighted by atomic mass is 32.2. The van der Waals surface area contributed by atoms with Gasteiger partial charge in [0.05, 0.1) is 11.4 Å². The molecule has 0 saturated carbocycles. The van der Waals surface area contributed by atoms with Crippen LogP contribution in [0.4, 0.5) is 10.1 Å². The SMILES string of the molecule is Fc1ccc(/N=C2/C(=C/Sc3ccccc3)CCc3ccccc32)cc1. The van der Waals surface area contributed by atoms with Crippen LogP contribution >= 0.6 is 11.8 Å². The third kappa shape index (κ3) is 3.78. The van der Waals surface area contributed by atoms with Gasteiger partial charge in [0.15, 0.2) is 0 Å². The van der Waals surface area contributed by atoms with Crippen LogP contribution in [0.3, 0.4) is 0 Å². The van der Waals surface area contributed by atoms with Crippen molar-refractivity contribution < 1.29 is 4.39 Å². The Morgan fingerprint density at radius 1 is 0.808 bits per heavy atom. The smallest absolute Gasteiger partial charge is 0.123 e. The summed E-state index contributed by atoms with van der Waals surface area (Å²) < 4.78 is 13.2. The molecule has 0 bridgehead atoms. The molecule has 4 rings (SSSR count). The highest BCUT2D eigenvalue weighted by Gasteiger charge is 2.19. The lowest BCUT2D eigenvalue weighted by molar-refractivity contribution is 0.628. The average molecular weight is 359 g/mol. The Kier molecular flexibility index (Phi) is 4.98. The lowest BCUT2D eigenvalue weighted by Gasteiger charge is -2.21. The van der Waals surface area contributed by atoms with Crippen molar-refractivity contribution in [2.75, 3.05) is 0 Å². The fourth-order valence-corrected chi connectivity index (χ4v) is 3.88. The molecule has 0 radical (unpaired) electrons. The van der Waals surface area contributed by atoms with E-state index in [2.05, 4.69) is 35.7 Å². The van der Waals surface area contributed by atoms with E-state index < -0.39 is 0 Å². The molecule has 0 amide bonds. The second kappa shape index (κ2) is 7.71. The van der Waals surface area contributed by atoms with E-state index >= 15 is 0 Å². The van der Waals surface area contributed by atoms with Crippen LogP contribution in [0, 0.1) is 5.82 Å². The molecule has 0 unspecified atom stereocenters. The van der Waals surface area contributed by atoms with E-state index in [4.69, 9.17) is 4.99 Å². The quantitative estimate of drug-likeness (QED) is 0.482. The fourth-order valence-electron chi connectivity index (χ4n) is 3.06. The first kappa shape index (κ1) is 16.8. The molecule has 0 atom stereocenters. The number of benzene rings is 3. The standard InChI is InChI=1S/C23H18FNS/c24-19-12-14-20(15-13-19)25-23-18(16-26-21-7-2-1-3-8-21)11-10-17-6-4-5-9-22(17)23/h1-9,12-16H,10-11H2/b18-16+,25-23-. The number of hydrogen-bond donors (Lipinski definition) is 0. The summed E-state index contributed by atoms with van der Waals surface area (Å²) in [4.78, 5) is 6.07. The molecule has 0 saturated heterocycles. The van der Waals surface area contributed by atoms with Gasteiger partial charge in [-0.05, 0) is 65.8 Å². The largest absolute Gasteiger partial charge is 0.248 e. The molecule has 0 aromatic heterocycles. The topological polar surface area (TPSA) is 12.4 Å². The molecule has 3 heteroatoms. The molecule has 0 spiro atoms. The molecule has 0 heterocycles. The minimum Gasteiger partial charge on any atom is -0.248 e. The third-order valence-electron chi connectivity index (χ3n) is 4.39. The zero-order chi connectivity index (χ0) is 17.8. The predicted molar refractivity (Wildman–Crippen MR) is 108 cm³/mol. The summed E-state index contributed by atoms with van der Waals surface area (Å²) in [6, 6.07) is 25.1. The highest BCUT2D eigenvalue weighted by molar-refractivity contribution is 8.02. The molecule has 1 aliphatic rings. The molecular formula is C23H18FNS. The van der Waals surface area contributed by atoms with Gasteiger partial charge in [0.1, 0.15) is 5.82 Å². The summed E-state index contributed by atoms with van der Waals surface area (Å²) in [5, 5.41) is 2.20. The fraction of sp³-hybridized carbons (Fsp3) is 0.0870. The van der Waals surface area contributed by atoms with Crippen LogP contribution in [0.5, 0.6) is 0 Å². The molecule has 0 aliphatic heterocycles. The van der Waals surface area contributed by atoms with Crippen molar-refractivity contribution >= 4 is 23.2 Å². The maximum atomic E-state index is 13.2. The minimum absolute atomic E-state index is 0.242. The molecule has 26 heavy (non-hydrogen) atoms. The average Bonchev–Trinajstić information content (AvgIpc) is 2.70. The normalized spacial score (nSPS) is 16.7. The van der Waals surface area contributed by atoms with E-state index in [1.54, 1.807) is 23.9 Å². The Balaban J connectivity index is 1.74. The van der Waals surface area contributed by atoms with Crippen molar-refractivity contribution in [2.45, 2.75) is 17.7 Å². The van der Waals surface area contributed by atoms with Crippen molar-refractivity contribution in [3.8, 4) is 0 Å². The number of rotatable bonds is 3. The Labute approximate surface area is 157 Å². The van der Waals surface area contributed by atoms with Crippen molar-refractivity contribution in [2.24, 2.45) is 4.99 Å². The Hall–Kier alpha value is -2.65. The van der Waals surface area contributed by atoms with E-state index in [0.717, 1.165) is 24.2 Å². The number of hydrogen-bond acceptors (Lipinski definition) is 2. The summed E-state index contributed by atoms with van der Waals surface area (Å²) in [5.74, 6) is -0.242. The van der Waals surface area contributed by atoms with Crippen LogP contribution in [0.1, 0.15) is 17.5 Å². The molecular weight excluding hydrogens is 341 g/mol. The lowest BCUT2D eigenvalue weighted by atomic mass is 9.87. The Morgan fingerprint density at radius 3 is 2.35 bits per heavy atom. The van der Waals surface area contributed by atoms with Crippen molar-refractivity contribution in [3.05, 3.63) is 107 Å². The lowest BCUT2D eigenvalue weighted by Crippen LogP contribution is -2.14. The first-order chi connectivity index (χ1) is 12.8. The van der Waals surface area contributed by atoms with Gasteiger partial charge < -0.3 is 0 Å². The van der Waals surface area contributed by atoms with Crippen molar-refractivity contribution in [3.63, 3.8) is 0 Å². The minimum atomic E-state index is -0.242. The van der Waals surface area contributed by atoms with E-state index in [-0.39, 0.29) is 5.82 Å². The van der Waals surface area contributed by atoms with Gasteiger partial charge in [-0.15, -0.1) is 0 Å². The van der Waals surface area contributed by atoms with E-state index in [1.807, 2.05) is 24.3 Å². The van der Waals surface area contributed by atoms with Crippen LogP contribution in [0.25, 0.3) is 0 Å². The number of aryl methyl sites for hydroxylation is 1. The van der Waals surface area contributed by atoms with Crippen molar-refractivity contribution in [1.29, 1.82) is 0 Å². The van der Waals surface area contributed by atoms with Gasteiger partial charge >= 0.3 is 0 Å². The maximum absolute atomic E-state index is 13.2. The molecule has 128 valence electrons. The molecule has 1 nitrogen and oxygen atoms in total. The van der Waals surface area contributed by atoms with Gasteiger partial charge in [-0.2, -0.15) is 0 Å². The Bertz CT molecular complexity index is 959. The summed E-state index contributed by atoms with van der Waals surface area (Å²) in [6.45, 7) is 0. The zero-order valence-electron chi connectivity index (χ0n) is 14.2. The monoisotopic (exact) mass is 359 g/mol. The number of aliphatic imine (C=N–C) groups is 1. The van der Waals surface area contributed by atoms with Gasteiger partial charge in [0, 0.05) is 10.5 Å². The summed E-state index contributed by atoms with van der Waals surface area (Å²) in [6.07, 6.45) is 1.97. The summed E-state index contributed by atoms with van der Waals surface area (Å²) in [7, 11) is 0.